The Morgan fingerprint density at radius 2 is 1.72 bits per heavy atom. The molecule has 18 heavy (non-hydrogen) atoms. The van der Waals surface area contributed by atoms with E-state index in [0.717, 1.165) is 6.54 Å². The fourth-order valence-electron chi connectivity index (χ4n) is 2.23. The van der Waals surface area contributed by atoms with E-state index in [0.29, 0.717) is 5.69 Å². The Hall–Kier alpha value is -2.36. The molecular weight excluding hydrogens is 228 g/mol. The first-order valence-electron chi connectivity index (χ1n) is 5.82. The Morgan fingerprint density at radius 3 is 2.44 bits per heavy atom. The molecule has 1 aliphatic heterocycles. The fourth-order valence-corrected chi connectivity index (χ4v) is 2.23. The predicted octanol–water partition coefficient (Wildman–Crippen LogP) is 3.16. The molecule has 0 spiro atoms. The van der Waals surface area contributed by atoms with Gasteiger partial charge in [0.2, 0.25) is 0 Å². The van der Waals surface area contributed by atoms with Crippen molar-refractivity contribution in [3.63, 3.8) is 0 Å². The second-order valence-corrected chi connectivity index (χ2v) is 4.32. The largest absolute Gasteiger partial charge is 0.355 e. The van der Waals surface area contributed by atoms with Crippen molar-refractivity contribution in [2.75, 3.05) is 11.4 Å². The van der Waals surface area contributed by atoms with Crippen LogP contribution in [-0.4, -0.2) is 11.5 Å². The smallest absolute Gasteiger partial charge is 0.292 e. The Labute approximate surface area is 105 Å². The van der Waals surface area contributed by atoms with E-state index < -0.39 is 0 Å². The van der Waals surface area contributed by atoms with E-state index in [1.807, 2.05) is 29.2 Å². The Bertz CT molecular complexity index is 583. The zero-order valence-corrected chi connectivity index (χ0v) is 9.69. The number of nitro groups is 1. The molecule has 0 aromatic heterocycles. The maximum atomic E-state index is 11.0. The predicted molar refractivity (Wildman–Crippen MR) is 69.6 cm³/mol. The van der Waals surface area contributed by atoms with Crippen molar-refractivity contribution >= 4 is 11.4 Å². The molecule has 0 amide bonds. The van der Waals surface area contributed by atoms with E-state index >= 15 is 0 Å². The third-order valence-electron chi connectivity index (χ3n) is 3.18. The summed E-state index contributed by atoms with van der Waals surface area (Å²) in [6.45, 7) is 0.842. The molecule has 0 bridgehead atoms. The van der Waals surface area contributed by atoms with Gasteiger partial charge in [0.15, 0.2) is 0 Å². The molecule has 0 aliphatic carbocycles. The van der Waals surface area contributed by atoms with E-state index in [9.17, 15) is 10.1 Å². The zero-order chi connectivity index (χ0) is 12.5. The third-order valence-corrected chi connectivity index (χ3v) is 3.18. The minimum absolute atomic E-state index is 0.177. The van der Waals surface area contributed by atoms with Crippen LogP contribution in [0, 0.1) is 10.1 Å². The lowest BCUT2D eigenvalue weighted by atomic mass is 10.1. The second-order valence-electron chi connectivity index (χ2n) is 4.32. The van der Waals surface area contributed by atoms with Crippen LogP contribution in [0.2, 0.25) is 0 Å². The van der Waals surface area contributed by atoms with Crippen LogP contribution in [-0.2, 0) is 0 Å². The average Bonchev–Trinajstić information content (AvgIpc) is 3.20. The van der Waals surface area contributed by atoms with Crippen molar-refractivity contribution < 1.29 is 4.92 Å². The molecule has 1 aliphatic rings. The first-order valence-corrected chi connectivity index (χ1v) is 5.82. The molecule has 1 fully saturated rings. The highest BCUT2D eigenvalue weighted by Crippen LogP contribution is 2.43. The van der Waals surface area contributed by atoms with Crippen molar-refractivity contribution in [1.82, 2.24) is 0 Å². The van der Waals surface area contributed by atoms with Gasteiger partial charge in [0, 0.05) is 12.6 Å². The van der Waals surface area contributed by atoms with Gasteiger partial charge in [-0.05, 0) is 11.6 Å². The van der Waals surface area contributed by atoms with Crippen LogP contribution in [0.3, 0.4) is 0 Å². The van der Waals surface area contributed by atoms with Crippen LogP contribution in [0.5, 0.6) is 0 Å². The molecule has 4 heteroatoms. The number of hydrogen-bond donors (Lipinski definition) is 0. The number of nitro benzene ring substituents is 1. The Morgan fingerprint density at radius 1 is 1.06 bits per heavy atom. The summed E-state index contributed by atoms with van der Waals surface area (Å²) in [6, 6.07) is 17.2. The summed E-state index contributed by atoms with van der Waals surface area (Å²) in [5.41, 5.74) is 2.09. The SMILES string of the molecule is O=[N+]([O-])c1ccccc1N1CC1c1ccccc1. The van der Waals surface area contributed by atoms with E-state index in [4.69, 9.17) is 0 Å². The van der Waals surface area contributed by atoms with Gasteiger partial charge in [-0.3, -0.25) is 10.1 Å². The Balaban J connectivity index is 1.89. The molecule has 1 heterocycles. The van der Waals surface area contributed by atoms with E-state index in [2.05, 4.69) is 12.1 Å². The van der Waals surface area contributed by atoms with Gasteiger partial charge >= 0.3 is 0 Å². The van der Waals surface area contributed by atoms with Crippen molar-refractivity contribution in [1.29, 1.82) is 0 Å². The Kier molecular flexibility index (Phi) is 2.48. The van der Waals surface area contributed by atoms with E-state index in [-0.39, 0.29) is 16.7 Å². The standard InChI is InChI=1S/C14H12N2O2/c17-16(18)13-9-5-4-8-12(13)15-10-14(15)11-6-2-1-3-7-11/h1-9,14H,10H2. The van der Waals surface area contributed by atoms with Gasteiger partial charge in [-0.15, -0.1) is 0 Å². The number of para-hydroxylation sites is 2. The summed E-state index contributed by atoms with van der Waals surface area (Å²) in [4.78, 5) is 12.7. The molecule has 3 rings (SSSR count). The minimum atomic E-state index is -0.324. The molecule has 0 saturated carbocycles. The van der Waals surface area contributed by atoms with Crippen LogP contribution in [0.25, 0.3) is 0 Å². The first kappa shape index (κ1) is 10.8. The highest BCUT2D eigenvalue weighted by Gasteiger charge is 2.38. The second kappa shape index (κ2) is 4.14. The van der Waals surface area contributed by atoms with Crippen LogP contribution in [0.1, 0.15) is 11.6 Å². The van der Waals surface area contributed by atoms with Crippen molar-refractivity contribution in [2.45, 2.75) is 6.04 Å². The van der Waals surface area contributed by atoms with E-state index in [1.54, 1.807) is 18.2 Å². The topological polar surface area (TPSA) is 46.1 Å². The molecule has 4 nitrogen and oxygen atoms in total. The summed E-state index contributed by atoms with van der Waals surface area (Å²) in [7, 11) is 0. The lowest BCUT2D eigenvalue weighted by molar-refractivity contribution is -0.384. The first-order chi connectivity index (χ1) is 8.77. The quantitative estimate of drug-likeness (QED) is 0.470. The summed E-state index contributed by atoms with van der Waals surface area (Å²) >= 11 is 0. The minimum Gasteiger partial charge on any atom is -0.355 e. The molecule has 2 aromatic carbocycles. The van der Waals surface area contributed by atoms with Crippen LogP contribution in [0.15, 0.2) is 54.6 Å². The summed E-state index contributed by atoms with van der Waals surface area (Å²) < 4.78 is 0. The van der Waals surface area contributed by atoms with Gasteiger partial charge in [-0.2, -0.15) is 0 Å². The molecular formula is C14H12N2O2. The molecule has 0 N–H and O–H groups in total. The van der Waals surface area contributed by atoms with Crippen LogP contribution >= 0.6 is 0 Å². The van der Waals surface area contributed by atoms with Gasteiger partial charge in [-0.1, -0.05) is 42.5 Å². The molecule has 90 valence electrons. The van der Waals surface area contributed by atoms with Crippen LogP contribution < -0.4 is 4.90 Å². The van der Waals surface area contributed by atoms with Crippen molar-refractivity contribution in [3.8, 4) is 0 Å². The van der Waals surface area contributed by atoms with Gasteiger partial charge in [-0.25, -0.2) is 0 Å². The summed E-state index contributed by atoms with van der Waals surface area (Å²) in [6.07, 6.45) is 0. The van der Waals surface area contributed by atoms with Gasteiger partial charge in [0.25, 0.3) is 5.69 Å². The monoisotopic (exact) mass is 240 g/mol. The fraction of sp³-hybridized carbons (Fsp3) is 0.143. The van der Waals surface area contributed by atoms with Crippen molar-refractivity contribution in [3.05, 3.63) is 70.3 Å². The zero-order valence-electron chi connectivity index (χ0n) is 9.69. The number of anilines is 1. The van der Waals surface area contributed by atoms with E-state index in [1.165, 1.54) is 5.56 Å². The number of rotatable bonds is 3. The number of hydrogen-bond acceptors (Lipinski definition) is 3. The average molecular weight is 240 g/mol. The molecule has 1 atom stereocenters. The van der Waals surface area contributed by atoms with Gasteiger partial charge in [0.05, 0.1) is 11.0 Å². The summed E-state index contributed by atoms with van der Waals surface area (Å²) in [5.74, 6) is 0. The molecule has 1 unspecified atom stereocenters. The summed E-state index contributed by atoms with van der Waals surface area (Å²) in [5, 5.41) is 11.0. The normalized spacial score (nSPS) is 17.6. The highest BCUT2D eigenvalue weighted by molar-refractivity contribution is 5.68. The lowest BCUT2D eigenvalue weighted by Crippen LogP contribution is -1.99. The molecule has 0 radical (unpaired) electrons. The van der Waals surface area contributed by atoms with Gasteiger partial charge < -0.3 is 4.90 Å². The van der Waals surface area contributed by atoms with Crippen molar-refractivity contribution in [2.24, 2.45) is 0 Å². The molecule has 1 saturated heterocycles. The number of benzene rings is 2. The number of nitrogens with zero attached hydrogens (tertiary/aromatic N) is 2. The maximum absolute atomic E-state index is 11.0. The van der Waals surface area contributed by atoms with Gasteiger partial charge in [0.1, 0.15) is 5.69 Å². The lowest BCUT2D eigenvalue weighted by Gasteiger charge is -2.06. The van der Waals surface area contributed by atoms with Crippen LogP contribution in [0.4, 0.5) is 11.4 Å². The third kappa shape index (κ3) is 1.82. The highest BCUT2D eigenvalue weighted by atomic mass is 16.6. The molecule has 2 aromatic rings. The maximum Gasteiger partial charge on any atom is 0.292 e.